The molecule has 0 aromatic carbocycles. The molecule has 0 aliphatic rings. The maximum Gasteiger partial charge on any atom is 0.166 e. The number of nitrogens with zero attached hydrogens (tertiary/aromatic N) is 3. The van der Waals surface area contributed by atoms with Crippen molar-refractivity contribution in [3.05, 3.63) is 30.4 Å². The van der Waals surface area contributed by atoms with E-state index in [-0.39, 0.29) is 23.7 Å². The predicted octanol–water partition coefficient (Wildman–Crippen LogP) is 1.13. The number of carbonyl (C=O) groups excluding carboxylic acids is 1. The highest BCUT2D eigenvalue weighted by molar-refractivity contribution is 7.91. The maximum atomic E-state index is 12.0. The first kappa shape index (κ1) is 13.7. The van der Waals surface area contributed by atoms with E-state index in [4.69, 9.17) is 0 Å². The minimum atomic E-state index is -3.01. The van der Waals surface area contributed by atoms with Gasteiger partial charge in [0.25, 0.3) is 0 Å². The molecular formula is C12H15N3O3S. The molecule has 2 aromatic heterocycles. The largest absolute Gasteiger partial charge is 0.294 e. The lowest BCUT2D eigenvalue weighted by atomic mass is 10.1. The fourth-order valence-corrected chi connectivity index (χ4v) is 2.65. The zero-order valence-electron chi connectivity index (χ0n) is 10.6. The average molecular weight is 281 g/mol. The monoisotopic (exact) mass is 281 g/mol. The minimum Gasteiger partial charge on any atom is -0.294 e. The number of hydrogen-bond donors (Lipinski definition) is 0. The quantitative estimate of drug-likeness (QED) is 0.741. The van der Waals surface area contributed by atoms with Gasteiger partial charge in [-0.15, -0.1) is 0 Å². The number of ketones is 1. The van der Waals surface area contributed by atoms with Crippen molar-refractivity contribution in [2.24, 2.45) is 0 Å². The molecule has 0 saturated carbocycles. The van der Waals surface area contributed by atoms with Gasteiger partial charge in [0.05, 0.1) is 29.2 Å². The third-order valence-electron chi connectivity index (χ3n) is 2.92. The first-order valence-electron chi connectivity index (χ1n) is 6.04. The van der Waals surface area contributed by atoms with Crippen LogP contribution in [0.2, 0.25) is 0 Å². The number of fused-ring (bicyclic) bond motifs is 1. The van der Waals surface area contributed by atoms with Crippen LogP contribution in [0.1, 0.15) is 30.1 Å². The molecule has 6 nitrogen and oxygen atoms in total. The average Bonchev–Trinajstić information content (AvgIpc) is 2.82. The topological polar surface area (TPSA) is 81.4 Å². The molecule has 0 N–H and O–H groups in total. The van der Waals surface area contributed by atoms with Crippen molar-refractivity contribution in [1.29, 1.82) is 0 Å². The van der Waals surface area contributed by atoms with Crippen molar-refractivity contribution >= 4 is 21.1 Å². The summed E-state index contributed by atoms with van der Waals surface area (Å²) in [7, 11) is -3.01. The number of hydrogen-bond acceptors (Lipinski definition) is 5. The van der Waals surface area contributed by atoms with Gasteiger partial charge in [0.15, 0.2) is 5.78 Å². The second-order valence-corrected chi connectivity index (χ2v) is 6.70. The number of rotatable bonds is 6. The third-order valence-corrected chi connectivity index (χ3v) is 4.71. The number of aromatic nitrogens is 3. The Morgan fingerprint density at radius 1 is 1.37 bits per heavy atom. The lowest BCUT2D eigenvalue weighted by Gasteiger charge is -2.00. The summed E-state index contributed by atoms with van der Waals surface area (Å²) in [4.78, 5) is 16.0. The fourth-order valence-electron chi connectivity index (χ4n) is 1.78. The lowest BCUT2D eigenvalue weighted by Crippen LogP contribution is -2.10. The zero-order valence-corrected chi connectivity index (χ0v) is 11.4. The van der Waals surface area contributed by atoms with Crippen molar-refractivity contribution in [2.45, 2.75) is 19.8 Å². The van der Waals surface area contributed by atoms with E-state index in [1.807, 2.05) is 0 Å². The lowest BCUT2D eigenvalue weighted by molar-refractivity contribution is 0.0983. The van der Waals surface area contributed by atoms with Crippen molar-refractivity contribution in [1.82, 2.24) is 14.6 Å². The summed E-state index contributed by atoms with van der Waals surface area (Å²) in [6, 6.07) is 0. The van der Waals surface area contributed by atoms with Crippen molar-refractivity contribution in [3.63, 3.8) is 0 Å². The Hall–Kier alpha value is -1.76. The summed E-state index contributed by atoms with van der Waals surface area (Å²) in [5.74, 6) is 0.0587. The van der Waals surface area contributed by atoms with Gasteiger partial charge in [0.2, 0.25) is 0 Å². The summed E-state index contributed by atoms with van der Waals surface area (Å²) in [5, 5.41) is 4.05. The molecule has 0 saturated heterocycles. The molecule has 0 atom stereocenters. The first-order valence-corrected chi connectivity index (χ1v) is 7.86. The summed E-state index contributed by atoms with van der Waals surface area (Å²) in [6.45, 7) is 1.61. The van der Waals surface area contributed by atoms with E-state index in [9.17, 15) is 13.2 Å². The molecule has 0 aliphatic heterocycles. The maximum absolute atomic E-state index is 12.0. The second-order valence-electron chi connectivity index (χ2n) is 4.23. The van der Waals surface area contributed by atoms with Gasteiger partial charge in [-0.05, 0) is 6.42 Å². The third kappa shape index (κ3) is 3.17. The van der Waals surface area contributed by atoms with Crippen molar-refractivity contribution < 1.29 is 13.2 Å². The first-order chi connectivity index (χ1) is 9.03. The van der Waals surface area contributed by atoms with E-state index < -0.39 is 9.84 Å². The molecule has 0 spiro atoms. The highest BCUT2D eigenvalue weighted by atomic mass is 32.2. The Labute approximate surface area is 111 Å². The Bertz CT molecular complexity index is 691. The van der Waals surface area contributed by atoms with Gasteiger partial charge in [0.1, 0.15) is 9.84 Å². The van der Waals surface area contributed by atoms with Crippen molar-refractivity contribution in [3.8, 4) is 0 Å². The Morgan fingerprint density at radius 3 is 2.89 bits per heavy atom. The van der Waals surface area contributed by atoms with Gasteiger partial charge in [0, 0.05) is 24.6 Å². The van der Waals surface area contributed by atoms with Gasteiger partial charge in [-0.2, -0.15) is 5.10 Å². The summed E-state index contributed by atoms with van der Waals surface area (Å²) < 4.78 is 24.3. The molecule has 2 aromatic rings. The van der Waals surface area contributed by atoms with Crippen LogP contribution < -0.4 is 0 Å². The van der Waals surface area contributed by atoms with E-state index in [1.54, 1.807) is 30.0 Å². The van der Waals surface area contributed by atoms with Gasteiger partial charge in [-0.1, -0.05) is 6.92 Å². The van der Waals surface area contributed by atoms with Gasteiger partial charge >= 0.3 is 0 Å². The molecular weight excluding hydrogens is 266 g/mol. The van der Waals surface area contributed by atoms with Crippen LogP contribution in [-0.4, -0.2) is 40.3 Å². The van der Waals surface area contributed by atoms with Crippen LogP contribution in [0.25, 0.3) is 5.52 Å². The molecule has 102 valence electrons. The predicted molar refractivity (Wildman–Crippen MR) is 70.9 cm³/mol. The molecule has 0 amide bonds. The Morgan fingerprint density at radius 2 is 2.16 bits per heavy atom. The smallest absolute Gasteiger partial charge is 0.166 e. The Balaban J connectivity index is 2.05. The second kappa shape index (κ2) is 5.48. The van der Waals surface area contributed by atoms with E-state index in [0.717, 1.165) is 0 Å². The van der Waals surface area contributed by atoms with Gasteiger partial charge in [-0.25, -0.2) is 12.9 Å². The fraction of sp³-hybridized carbons (Fsp3) is 0.417. The minimum absolute atomic E-state index is 0.0483. The van der Waals surface area contributed by atoms with Crippen LogP contribution in [0.3, 0.4) is 0 Å². The van der Waals surface area contributed by atoms with Gasteiger partial charge in [-0.3, -0.25) is 9.78 Å². The normalized spacial score (nSPS) is 11.8. The number of Topliss-reactive ketones (excluding diaryl/α,β-unsaturated/α-hetero) is 1. The summed E-state index contributed by atoms with van der Waals surface area (Å²) in [6.07, 6.45) is 6.86. The van der Waals surface area contributed by atoms with Crippen LogP contribution in [0.15, 0.2) is 24.8 Å². The standard InChI is InChI=1S/C12H15N3O3S/c1-2-19(17,18)7-3-4-12(16)10-8-14-15-6-5-13-9-11(10)15/h5-6,8-9H,2-4,7H2,1H3. The van der Waals surface area contributed by atoms with Crippen LogP contribution in [0.5, 0.6) is 0 Å². The molecule has 0 aliphatic carbocycles. The van der Waals surface area contributed by atoms with E-state index in [1.165, 1.54) is 6.20 Å². The zero-order chi connectivity index (χ0) is 13.9. The SMILES string of the molecule is CCS(=O)(=O)CCCC(=O)c1cnn2ccncc12. The molecule has 0 fully saturated rings. The van der Waals surface area contributed by atoms with Crippen LogP contribution in [-0.2, 0) is 9.84 Å². The molecule has 7 heteroatoms. The van der Waals surface area contributed by atoms with Crippen LogP contribution in [0, 0.1) is 0 Å². The van der Waals surface area contributed by atoms with Crippen LogP contribution in [0.4, 0.5) is 0 Å². The van der Waals surface area contributed by atoms with Crippen LogP contribution >= 0.6 is 0 Å². The summed E-state index contributed by atoms with van der Waals surface area (Å²) >= 11 is 0. The van der Waals surface area contributed by atoms with E-state index in [2.05, 4.69) is 10.1 Å². The summed E-state index contributed by atoms with van der Waals surface area (Å²) in [5.41, 5.74) is 1.13. The Kier molecular flexibility index (Phi) is 3.94. The van der Waals surface area contributed by atoms with Crippen molar-refractivity contribution in [2.75, 3.05) is 11.5 Å². The molecule has 0 unspecified atom stereocenters. The highest BCUT2D eigenvalue weighted by Crippen LogP contribution is 2.12. The molecule has 2 rings (SSSR count). The molecule has 0 bridgehead atoms. The number of carbonyl (C=O) groups is 1. The molecule has 2 heterocycles. The van der Waals surface area contributed by atoms with E-state index in [0.29, 0.717) is 17.5 Å². The highest BCUT2D eigenvalue weighted by Gasteiger charge is 2.14. The molecule has 0 radical (unpaired) electrons. The molecule has 19 heavy (non-hydrogen) atoms. The van der Waals surface area contributed by atoms with Gasteiger partial charge < -0.3 is 0 Å². The van der Waals surface area contributed by atoms with E-state index >= 15 is 0 Å². The number of sulfone groups is 1.